The van der Waals surface area contributed by atoms with E-state index in [4.69, 9.17) is 4.74 Å². The zero-order chi connectivity index (χ0) is 22.1. The highest BCUT2D eigenvalue weighted by atomic mass is 19.4. The lowest BCUT2D eigenvalue weighted by molar-refractivity contribution is -0.384. The number of imide groups is 2. The number of morpholine rings is 1. The van der Waals surface area contributed by atoms with Crippen molar-refractivity contribution < 1.29 is 37.2 Å². The summed E-state index contributed by atoms with van der Waals surface area (Å²) in [5.41, 5.74) is -3.61. The van der Waals surface area contributed by atoms with E-state index >= 15 is 0 Å². The second-order valence-corrected chi connectivity index (χ2v) is 7.62. The summed E-state index contributed by atoms with van der Waals surface area (Å²) in [7, 11) is 0. The molecule has 2 fully saturated rings. The second-order valence-electron chi connectivity index (χ2n) is 7.62. The van der Waals surface area contributed by atoms with Crippen LogP contribution in [-0.4, -0.2) is 53.7 Å². The van der Waals surface area contributed by atoms with Gasteiger partial charge >= 0.3 is 12.2 Å². The van der Waals surface area contributed by atoms with Crippen LogP contribution in [0.1, 0.15) is 12.5 Å². The van der Waals surface area contributed by atoms with Crippen LogP contribution in [0.2, 0.25) is 0 Å². The zero-order valence-corrected chi connectivity index (χ0v) is 15.4. The molecule has 3 heterocycles. The maximum Gasteiger partial charge on any atom is 0.416 e. The monoisotopic (exact) mass is 428 g/mol. The number of benzene rings is 1. The van der Waals surface area contributed by atoms with Gasteiger partial charge in [-0.15, -0.1) is 0 Å². The topological polar surface area (TPSA) is 131 Å². The maximum atomic E-state index is 13.4. The van der Waals surface area contributed by atoms with E-state index in [9.17, 15) is 37.7 Å². The van der Waals surface area contributed by atoms with Crippen molar-refractivity contribution >= 4 is 29.2 Å². The molecular formula is C17H15F3N4O6. The molecule has 0 aromatic heterocycles. The number of fused-ring (bicyclic) bond motifs is 4. The fourth-order valence-corrected chi connectivity index (χ4v) is 4.45. The van der Waals surface area contributed by atoms with Gasteiger partial charge in [0.25, 0.3) is 5.69 Å². The number of nitrogens with zero attached hydrogens (tertiary/aromatic N) is 2. The summed E-state index contributed by atoms with van der Waals surface area (Å²) in [6.07, 6.45) is -7.26. The van der Waals surface area contributed by atoms with Crippen LogP contribution >= 0.6 is 0 Å². The van der Waals surface area contributed by atoms with Crippen molar-refractivity contribution in [3.8, 4) is 0 Å². The fourth-order valence-electron chi connectivity index (χ4n) is 4.45. The normalized spacial score (nSPS) is 27.8. The number of non-ortho nitro benzene ring substituents is 1. The third-order valence-corrected chi connectivity index (χ3v) is 6.04. The van der Waals surface area contributed by atoms with Crippen molar-refractivity contribution in [3.05, 3.63) is 33.9 Å². The van der Waals surface area contributed by atoms with Gasteiger partial charge in [0, 0.05) is 24.2 Å². The first kappa shape index (κ1) is 20.1. The SMILES string of the molecule is C[C@]12CO[C@H](C(F)(F)F)CN1c1ccc([N+](=O)[O-])cc1CC21C(=O)NC(=O)NC1=O. The van der Waals surface area contributed by atoms with Crippen LogP contribution in [0.15, 0.2) is 18.2 Å². The Bertz CT molecular complexity index is 976. The molecule has 30 heavy (non-hydrogen) atoms. The molecule has 4 rings (SSSR count). The molecule has 0 unspecified atom stereocenters. The molecule has 3 aliphatic rings. The van der Waals surface area contributed by atoms with E-state index in [2.05, 4.69) is 0 Å². The van der Waals surface area contributed by atoms with E-state index in [0.717, 1.165) is 12.1 Å². The first-order chi connectivity index (χ1) is 13.9. The third kappa shape index (κ3) is 2.57. The molecule has 1 aromatic carbocycles. The van der Waals surface area contributed by atoms with Gasteiger partial charge in [-0.25, -0.2) is 4.79 Å². The quantitative estimate of drug-likeness (QED) is 0.388. The van der Waals surface area contributed by atoms with Gasteiger partial charge in [0.05, 0.1) is 23.6 Å². The summed E-state index contributed by atoms with van der Waals surface area (Å²) in [6.45, 7) is 0.0304. The van der Waals surface area contributed by atoms with Crippen LogP contribution in [0.4, 0.5) is 29.3 Å². The van der Waals surface area contributed by atoms with Gasteiger partial charge in [-0.3, -0.25) is 30.3 Å². The predicted octanol–water partition coefficient (Wildman–Crippen LogP) is 1.03. The van der Waals surface area contributed by atoms with E-state index in [1.165, 1.54) is 17.9 Å². The van der Waals surface area contributed by atoms with Crippen molar-refractivity contribution in [3.63, 3.8) is 0 Å². The first-order valence-electron chi connectivity index (χ1n) is 8.80. The first-order valence-corrected chi connectivity index (χ1v) is 8.80. The Morgan fingerprint density at radius 3 is 2.43 bits per heavy atom. The highest BCUT2D eigenvalue weighted by Gasteiger charge is 2.68. The third-order valence-electron chi connectivity index (χ3n) is 6.04. The van der Waals surface area contributed by atoms with Crippen molar-refractivity contribution in [1.82, 2.24) is 10.6 Å². The minimum atomic E-state index is -4.71. The molecule has 4 amide bonds. The van der Waals surface area contributed by atoms with E-state index in [1.807, 2.05) is 10.6 Å². The molecule has 10 nitrogen and oxygen atoms in total. The Labute approximate surface area is 166 Å². The Morgan fingerprint density at radius 1 is 1.23 bits per heavy atom. The zero-order valence-electron chi connectivity index (χ0n) is 15.4. The van der Waals surface area contributed by atoms with Crippen molar-refractivity contribution in [2.75, 3.05) is 18.1 Å². The van der Waals surface area contributed by atoms with Crippen LogP contribution in [-0.2, 0) is 20.7 Å². The summed E-state index contributed by atoms with van der Waals surface area (Å²) in [4.78, 5) is 49.2. The average Bonchev–Trinajstić information content (AvgIpc) is 2.63. The molecular weight excluding hydrogens is 413 g/mol. The molecule has 2 N–H and O–H groups in total. The minimum absolute atomic E-state index is 0.143. The number of nitro benzene ring substituents is 1. The number of anilines is 1. The summed E-state index contributed by atoms with van der Waals surface area (Å²) >= 11 is 0. The van der Waals surface area contributed by atoms with Crippen molar-refractivity contribution in [1.29, 1.82) is 0 Å². The number of hydrogen-bond acceptors (Lipinski definition) is 7. The molecule has 1 spiro atoms. The Morgan fingerprint density at radius 2 is 1.87 bits per heavy atom. The summed E-state index contributed by atoms with van der Waals surface area (Å²) in [5.74, 6) is -2.01. The molecule has 3 aliphatic heterocycles. The molecule has 2 saturated heterocycles. The van der Waals surface area contributed by atoms with E-state index in [-0.39, 0.29) is 23.4 Å². The van der Waals surface area contributed by atoms with Crippen LogP contribution in [0, 0.1) is 15.5 Å². The second kappa shape index (κ2) is 6.14. The highest BCUT2D eigenvalue weighted by molar-refractivity contribution is 6.21. The number of halogens is 3. The lowest BCUT2D eigenvalue weighted by Crippen LogP contribution is -2.79. The molecule has 1 aromatic rings. The fraction of sp³-hybridized carbons (Fsp3) is 0.471. The number of alkyl halides is 3. The van der Waals surface area contributed by atoms with Gasteiger partial charge in [-0.2, -0.15) is 13.2 Å². The number of carbonyl (C=O) groups excluding carboxylic acids is 3. The number of nitrogens with one attached hydrogen (secondary N) is 2. The van der Waals surface area contributed by atoms with Crippen molar-refractivity contribution in [2.24, 2.45) is 5.41 Å². The standard InChI is InChI=1S/C17H15F3N4O6/c1-15-7-30-11(17(18,19)20)6-23(15)10-3-2-9(24(28)29)4-8(10)5-16(15)12(25)21-14(27)22-13(16)26/h2-4,11H,5-7H2,1H3,(H2,21,22,25,26,27)/t11-,15+/m0/s1. The smallest absolute Gasteiger partial charge is 0.364 e. The van der Waals surface area contributed by atoms with Gasteiger partial charge in [0.1, 0.15) is 0 Å². The number of nitro groups is 1. The van der Waals surface area contributed by atoms with Gasteiger partial charge < -0.3 is 9.64 Å². The Kier molecular flexibility index (Phi) is 4.11. The molecule has 13 heteroatoms. The summed E-state index contributed by atoms with van der Waals surface area (Å²) in [6, 6.07) is 2.49. The molecule has 2 atom stereocenters. The number of rotatable bonds is 1. The molecule has 0 saturated carbocycles. The Hall–Kier alpha value is -3.22. The van der Waals surface area contributed by atoms with Gasteiger partial charge in [0.2, 0.25) is 11.8 Å². The lowest BCUT2D eigenvalue weighted by Gasteiger charge is -2.59. The van der Waals surface area contributed by atoms with Crippen LogP contribution in [0.25, 0.3) is 0 Å². The molecule has 160 valence electrons. The number of urea groups is 1. The Balaban J connectivity index is 1.92. The average molecular weight is 428 g/mol. The maximum absolute atomic E-state index is 13.4. The number of barbiturate groups is 1. The highest BCUT2D eigenvalue weighted by Crippen LogP contribution is 2.52. The van der Waals surface area contributed by atoms with Crippen LogP contribution in [0.3, 0.4) is 0 Å². The number of amides is 4. The van der Waals surface area contributed by atoms with E-state index in [1.54, 1.807) is 0 Å². The lowest BCUT2D eigenvalue weighted by atomic mass is 9.60. The van der Waals surface area contributed by atoms with Gasteiger partial charge in [0.15, 0.2) is 11.5 Å². The molecule has 0 aliphatic carbocycles. The van der Waals surface area contributed by atoms with Crippen molar-refractivity contribution in [2.45, 2.75) is 31.2 Å². The minimum Gasteiger partial charge on any atom is -0.364 e. The van der Waals surface area contributed by atoms with Gasteiger partial charge in [-0.05, 0) is 18.6 Å². The summed E-state index contributed by atoms with van der Waals surface area (Å²) in [5, 5.41) is 15.2. The number of carbonyl (C=O) groups is 3. The summed E-state index contributed by atoms with van der Waals surface area (Å²) < 4.78 is 45.1. The largest absolute Gasteiger partial charge is 0.416 e. The van der Waals surface area contributed by atoms with Crippen LogP contribution < -0.4 is 15.5 Å². The predicted molar refractivity (Wildman–Crippen MR) is 92.5 cm³/mol. The molecule has 0 bridgehead atoms. The van der Waals surface area contributed by atoms with E-state index < -0.39 is 59.2 Å². The van der Waals surface area contributed by atoms with Crippen LogP contribution in [0.5, 0.6) is 0 Å². The number of ether oxygens (including phenoxy) is 1. The molecule has 0 radical (unpaired) electrons. The van der Waals surface area contributed by atoms with Gasteiger partial charge in [-0.1, -0.05) is 0 Å². The number of hydrogen-bond donors (Lipinski definition) is 2. The van der Waals surface area contributed by atoms with E-state index in [0.29, 0.717) is 0 Å².